The fourth-order valence-electron chi connectivity index (χ4n) is 1.69. The number of aromatic nitrogens is 2. The standard InChI is InChI=1S/C12H12BrFN2O/c1-16-7-8(6-15-16)2-12(17)9-3-10(13)5-11(14)4-9/h3-7,12,17H,2H2,1H3. The Balaban J connectivity index is 2.16. The van der Waals surface area contributed by atoms with Crippen LogP contribution in [0.25, 0.3) is 0 Å². The van der Waals surface area contributed by atoms with Gasteiger partial charge in [0.15, 0.2) is 0 Å². The first-order valence-electron chi connectivity index (χ1n) is 5.16. The van der Waals surface area contributed by atoms with Crippen LogP contribution in [0, 0.1) is 5.82 Å². The van der Waals surface area contributed by atoms with Crippen LogP contribution in [0.15, 0.2) is 35.1 Å². The molecule has 0 bridgehead atoms. The number of nitrogens with zero attached hydrogens (tertiary/aromatic N) is 2. The quantitative estimate of drug-likeness (QED) is 0.946. The van der Waals surface area contributed by atoms with E-state index in [0.717, 1.165) is 5.56 Å². The van der Waals surface area contributed by atoms with Crippen LogP contribution in [0.4, 0.5) is 4.39 Å². The number of hydrogen-bond acceptors (Lipinski definition) is 2. The van der Waals surface area contributed by atoms with Gasteiger partial charge in [0.25, 0.3) is 0 Å². The number of benzene rings is 1. The normalized spacial score (nSPS) is 12.7. The average Bonchev–Trinajstić information content (AvgIpc) is 2.62. The van der Waals surface area contributed by atoms with Crippen molar-refractivity contribution in [2.75, 3.05) is 0 Å². The summed E-state index contributed by atoms with van der Waals surface area (Å²) in [6.07, 6.45) is 3.21. The summed E-state index contributed by atoms with van der Waals surface area (Å²) in [6, 6.07) is 4.41. The minimum atomic E-state index is -0.730. The van der Waals surface area contributed by atoms with Crippen LogP contribution in [-0.2, 0) is 13.5 Å². The molecular formula is C12H12BrFN2O. The second-order valence-electron chi connectivity index (χ2n) is 3.94. The van der Waals surface area contributed by atoms with Gasteiger partial charge in [0, 0.05) is 24.1 Å². The molecule has 0 spiro atoms. The van der Waals surface area contributed by atoms with Crippen LogP contribution in [0.1, 0.15) is 17.2 Å². The molecule has 3 nitrogen and oxygen atoms in total. The summed E-state index contributed by atoms with van der Waals surface area (Å²) in [4.78, 5) is 0. The highest BCUT2D eigenvalue weighted by Gasteiger charge is 2.11. The highest BCUT2D eigenvalue weighted by Crippen LogP contribution is 2.23. The molecule has 0 aliphatic heterocycles. The van der Waals surface area contributed by atoms with Gasteiger partial charge in [-0.1, -0.05) is 15.9 Å². The van der Waals surface area contributed by atoms with Crippen molar-refractivity contribution in [1.82, 2.24) is 9.78 Å². The Morgan fingerprint density at radius 2 is 2.24 bits per heavy atom. The number of halogens is 2. The van der Waals surface area contributed by atoms with Gasteiger partial charge < -0.3 is 5.11 Å². The van der Waals surface area contributed by atoms with Crippen molar-refractivity contribution >= 4 is 15.9 Å². The van der Waals surface area contributed by atoms with Crippen molar-refractivity contribution in [3.63, 3.8) is 0 Å². The number of hydrogen-bond donors (Lipinski definition) is 1. The predicted molar refractivity (Wildman–Crippen MR) is 66.0 cm³/mol. The summed E-state index contributed by atoms with van der Waals surface area (Å²) in [5.41, 5.74) is 1.47. The van der Waals surface area contributed by atoms with Gasteiger partial charge in [-0.25, -0.2) is 4.39 Å². The third kappa shape index (κ3) is 3.14. The van der Waals surface area contributed by atoms with E-state index in [1.807, 2.05) is 13.2 Å². The minimum Gasteiger partial charge on any atom is -0.388 e. The zero-order valence-electron chi connectivity index (χ0n) is 9.27. The van der Waals surface area contributed by atoms with E-state index < -0.39 is 6.10 Å². The van der Waals surface area contributed by atoms with Crippen molar-refractivity contribution in [3.8, 4) is 0 Å². The van der Waals surface area contributed by atoms with Gasteiger partial charge in [-0.15, -0.1) is 0 Å². The molecule has 0 amide bonds. The molecule has 0 aliphatic carbocycles. The summed E-state index contributed by atoms with van der Waals surface area (Å²) in [6.45, 7) is 0. The third-order valence-corrected chi connectivity index (χ3v) is 2.91. The molecule has 2 rings (SSSR count). The summed E-state index contributed by atoms with van der Waals surface area (Å²) < 4.78 is 15.5. The largest absolute Gasteiger partial charge is 0.388 e. The Labute approximate surface area is 107 Å². The zero-order valence-corrected chi connectivity index (χ0v) is 10.9. The van der Waals surface area contributed by atoms with E-state index in [-0.39, 0.29) is 5.82 Å². The molecule has 1 unspecified atom stereocenters. The molecule has 1 aromatic heterocycles. The van der Waals surface area contributed by atoms with Gasteiger partial charge in [0.1, 0.15) is 5.82 Å². The monoisotopic (exact) mass is 298 g/mol. The zero-order chi connectivity index (χ0) is 12.4. The van der Waals surface area contributed by atoms with E-state index in [1.165, 1.54) is 12.1 Å². The lowest BCUT2D eigenvalue weighted by Gasteiger charge is -2.10. The molecule has 5 heteroatoms. The molecule has 17 heavy (non-hydrogen) atoms. The molecule has 0 saturated carbocycles. The lowest BCUT2D eigenvalue weighted by molar-refractivity contribution is 0.178. The Bertz CT molecular complexity index is 507. The Kier molecular flexibility index (Phi) is 3.59. The molecule has 0 saturated heterocycles. The van der Waals surface area contributed by atoms with Gasteiger partial charge in [-0.2, -0.15) is 5.10 Å². The number of aryl methyl sites for hydroxylation is 1. The fourth-order valence-corrected chi connectivity index (χ4v) is 2.17. The highest BCUT2D eigenvalue weighted by atomic mass is 79.9. The minimum absolute atomic E-state index is 0.361. The summed E-state index contributed by atoms with van der Waals surface area (Å²) in [5, 5.41) is 14.0. The Hall–Kier alpha value is -1.20. The third-order valence-electron chi connectivity index (χ3n) is 2.46. The Morgan fingerprint density at radius 1 is 1.47 bits per heavy atom. The lowest BCUT2D eigenvalue weighted by atomic mass is 10.0. The van der Waals surface area contributed by atoms with E-state index in [2.05, 4.69) is 21.0 Å². The van der Waals surface area contributed by atoms with Gasteiger partial charge in [0.2, 0.25) is 0 Å². The average molecular weight is 299 g/mol. The maximum absolute atomic E-state index is 13.2. The molecule has 1 atom stereocenters. The van der Waals surface area contributed by atoms with Gasteiger partial charge >= 0.3 is 0 Å². The topological polar surface area (TPSA) is 38.0 Å². The number of aliphatic hydroxyl groups excluding tert-OH is 1. The summed E-state index contributed by atoms with van der Waals surface area (Å²) in [7, 11) is 1.81. The second kappa shape index (κ2) is 4.98. The van der Waals surface area contributed by atoms with E-state index in [1.54, 1.807) is 16.9 Å². The van der Waals surface area contributed by atoms with E-state index in [4.69, 9.17) is 0 Å². The maximum Gasteiger partial charge on any atom is 0.124 e. The van der Waals surface area contributed by atoms with E-state index in [0.29, 0.717) is 16.5 Å². The molecule has 1 heterocycles. The van der Waals surface area contributed by atoms with Crippen LogP contribution in [0.5, 0.6) is 0 Å². The SMILES string of the molecule is Cn1cc(CC(O)c2cc(F)cc(Br)c2)cn1. The molecule has 0 aliphatic rings. The van der Waals surface area contributed by atoms with Crippen molar-refractivity contribution < 1.29 is 9.50 Å². The number of aliphatic hydroxyl groups is 1. The Morgan fingerprint density at radius 3 is 2.82 bits per heavy atom. The molecule has 0 radical (unpaired) electrons. The highest BCUT2D eigenvalue weighted by molar-refractivity contribution is 9.10. The van der Waals surface area contributed by atoms with Crippen LogP contribution in [-0.4, -0.2) is 14.9 Å². The van der Waals surface area contributed by atoms with Crippen LogP contribution in [0.2, 0.25) is 0 Å². The van der Waals surface area contributed by atoms with Gasteiger partial charge in [-0.05, 0) is 29.3 Å². The van der Waals surface area contributed by atoms with Crippen LogP contribution >= 0.6 is 15.9 Å². The van der Waals surface area contributed by atoms with Gasteiger partial charge in [-0.3, -0.25) is 4.68 Å². The van der Waals surface area contributed by atoms with Crippen LogP contribution < -0.4 is 0 Å². The molecule has 90 valence electrons. The maximum atomic E-state index is 13.2. The molecule has 0 fully saturated rings. The first-order valence-corrected chi connectivity index (χ1v) is 5.95. The van der Waals surface area contributed by atoms with E-state index in [9.17, 15) is 9.50 Å². The molecule has 1 N–H and O–H groups in total. The fraction of sp³-hybridized carbons (Fsp3) is 0.250. The van der Waals surface area contributed by atoms with Crippen molar-refractivity contribution in [3.05, 3.63) is 52.0 Å². The second-order valence-corrected chi connectivity index (χ2v) is 4.86. The van der Waals surface area contributed by atoms with Crippen LogP contribution in [0.3, 0.4) is 0 Å². The van der Waals surface area contributed by atoms with E-state index >= 15 is 0 Å². The molecule has 1 aromatic carbocycles. The smallest absolute Gasteiger partial charge is 0.124 e. The first kappa shape index (κ1) is 12.3. The van der Waals surface area contributed by atoms with Crippen molar-refractivity contribution in [1.29, 1.82) is 0 Å². The molecule has 2 aromatic rings. The lowest BCUT2D eigenvalue weighted by Crippen LogP contribution is -2.02. The molecular weight excluding hydrogens is 287 g/mol. The van der Waals surface area contributed by atoms with Gasteiger partial charge in [0.05, 0.1) is 12.3 Å². The van der Waals surface area contributed by atoms with Crippen molar-refractivity contribution in [2.45, 2.75) is 12.5 Å². The predicted octanol–water partition coefficient (Wildman–Crippen LogP) is 2.60. The summed E-state index contributed by atoms with van der Waals surface area (Å²) in [5.74, 6) is -0.361. The van der Waals surface area contributed by atoms with Crippen molar-refractivity contribution in [2.24, 2.45) is 7.05 Å². The first-order chi connectivity index (χ1) is 8.04. The summed E-state index contributed by atoms with van der Waals surface area (Å²) >= 11 is 3.20. The number of rotatable bonds is 3.